The molecule has 0 saturated carbocycles. The molecule has 0 spiro atoms. The van der Waals surface area contributed by atoms with Crippen molar-refractivity contribution in [2.24, 2.45) is 0 Å². The Bertz CT molecular complexity index is 1370. The normalized spacial score (nSPS) is 10.1. The molecule has 0 unspecified atom stereocenters. The van der Waals surface area contributed by atoms with Gasteiger partial charge in [0.1, 0.15) is 23.7 Å². The molecule has 0 fully saturated rings. The van der Waals surface area contributed by atoms with Gasteiger partial charge in [-0.3, -0.25) is 19.7 Å². The molecule has 0 amide bonds. The third kappa shape index (κ3) is 6.46. The Morgan fingerprint density at radius 1 is 0.879 bits per heavy atom. The highest BCUT2D eigenvalue weighted by Crippen LogP contribution is 2.32. The number of fused-ring (bicyclic) bond motifs is 2. The number of Topliss-reactive ketones (excluding diaryl/α,β-unsaturated/α-hetero) is 2. The number of ketones is 2. The number of nitro groups is 1. The van der Waals surface area contributed by atoms with E-state index in [1.54, 1.807) is 0 Å². The van der Waals surface area contributed by atoms with E-state index < -0.39 is 10.0 Å². The first-order valence-electron chi connectivity index (χ1n) is 8.79. The van der Waals surface area contributed by atoms with Crippen LogP contribution in [0.15, 0.2) is 60.6 Å². The number of rotatable bonds is 3. The van der Waals surface area contributed by atoms with Crippen LogP contribution in [-0.2, 0) is 0 Å². The van der Waals surface area contributed by atoms with Crippen LogP contribution in [0.2, 0.25) is 0 Å². The van der Waals surface area contributed by atoms with Crippen LogP contribution in [0.4, 0.5) is 5.69 Å². The van der Waals surface area contributed by atoms with Crippen LogP contribution in [0.1, 0.15) is 34.6 Å². The van der Waals surface area contributed by atoms with Gasteiger partial charge in [0.2, 0.25) is 0 Å². The van der Waals surface area contributed by atoms with Crippen LogP contribution in [0.3, 0.4) is 0 Å². The van der Waals surface area contributed by atoms with Gasteiger partial charge in [-0.25, -0.2) is 0 Å². The SMILES string of the molecule is CC(=O)c1coc2cc([N+](=O)[O-])c(Br)cc12.CC(=O)c1coc2ccc(Br)cc12.O=[N+]([O-])O. The first-order chi connectivity index (χ1) is 15.4. The van der Waals surface area contributed by atoms with E-state index in [1.807, 2.05) is 18.2 Å². The predicted octanol–water partition coefficient (Wildman–Crippen LogP) is 6.36. The molecule has 172 valence electrons. The van der Waals surface area contributed by atoms with Gasteiger partial charge in [-0.2, -0.15) is 0 Å². The molecule has 2 aromatic heterocycles. The van der Waals surface area contributed by atoms with Crippen LogP contribution in [-0.4, -0.2) is 26.8 Å². The quantitative estimate of drug-likeness (QED) is 0.163. The predicted molar refractivity (Wildman–Crippen MR) is 123 cm³/mol. The minimum atomic E-state index is -1.50. The van der Waals surface area contributed by atoms with Gasteiger partial charge in [0.15, 0.2) is 11.6 Å². The van der Waals surface area contributed by atoms with E-state index in [1.165, 1.54) is 38.5 Å². The fourth-order valence-corrected chi connectivity index (χ4v) is 3.57. The monoisotopic (exact) mass is 584 g/mol. The standard InChI is InChI=1S/C10H6BrNO4.C10H7BrO2.HNO3/c1-5(13)7-4-16-10-3-9(12(14)15)8(11)2-6(7)10;1-6(12)9-5-13-10-3-2-7(11)4-8(9)10;2-1(3)4/h2-4H,1H3;2-5H,1H3;(H,2,3,4). The molecule has 11 nitrogen and oxygen atoms in total. The van der Waals surface area contributed by atoms with Crippen LogP contribution in [0.25, 0.3) is 21.9 Å². The smallest absolute Gasteiger partial charge is 0.291 e. The number of nitrogens with zero attached hydrogens (tertiary/aromatic N) is 2. The van der Waals surface area contributed by atoms with Gasteiger partial charge in [0.05, 0.1) is 26.6 Å². The molecule has 0 aliphatic rings. The molecule has 0 bridgehead atoms. The van der Waals surface area contributed by atoms with Gasteiger partial charge >= 0.3 is 0 Å². The van der Waals surface area contributed by atoms with Crippen LogP contribution >= 0.6 is 31.9 Å². The number of halogens is 2. The van der Waals surface area contributed by atoms with E-state index in [4.69, 9.17) is 24.2 Å². The third-order valence-electron chi connectivity index (χ3n) is 4.13. The molecule has 0 radical (unpaired) electrons. The Morgan fingerprint density at radius 2 is 1.36 bits per heavy atom. The highest BCUT2D eigenvalue weighted by molar-refractivity contribution is 9.10. The Morgan fingerprint density at radius 3 is 1.85 bits per heavy atom. The lowest BCUT2D eigenvalue weighted by Gasteiger charge is -1.96. The van der Waals surface area contributed by atoms with Crippen molar-refractivity contribution in [1.82, 2.24) is 0 Å². The van der Waals surface area contributed by atoms with E-state index in [2.05, 4.69) is 31.9 Å². The van der Waals surface area contributed by atoms with Crippen molar-refractivity contribution in [3.8, 4) is 0 Å². The number of hydrogen-bond acceptors (Lipinski definition) is 8. The number of hydrogen-bond donors (Lipinski definition) is 1. The third-order valence-corrected chi connectivity index (χ3v) is 5.26. The molecule has 2 heterocycles. The van der Waals surface area contributed by atoms with Crippen molar-refractivity contribution in [1.29, 1.82) is 0 Å². The molecule has 2 aromatic carbocycles. The molecule has 33 heavy (non-hydrogen) atoms. The fraction of sp³-hybridized carbons (Fsp3) is 0.100. The summed E-state index contributed by atoms with van der Waals surface area (Å²) in [4.78, 5) is 40.9. The zero-order valence-electron chi connectivity index (χ0n) is 16.9. The lowest BCUT2D eigenvalue weighted by atomic mass is 10.1. The maximum absolute atomic E-state index is 11.2. The number of carbonyl (C=O) groups is 2. The molecule has 0 atom stereocenters. The van der Waals surface area contributed by atoms with Gasteiger partial charge in [0.25, 0.3) is 10.8 Å². The van der Waals surface area contributed by atoms with Crippen molar-refractivity contribution in [3.63, 3.8) is 0 Å². The highest BCUT2D eigenvalue weighted by atomic mass is 79.9. The van der Waals surface area contributed by atoms with E-state index in [-0.39, 0.29) is 17.3 Å². The lowest BCUT2D eigenvalue weighted by Crippen LogP contribution is -1.91. The Hall–Kier alpha value is -3.58. The van der Waals surface area contributed by atoms with Crippen molar-refractivity contribution in [2.75, 3.05) is 0 Å². The van der Waals surface area contributed by atoms with Crippen molar-refractivity contribution < 1.29 is 33.6 Å². The zero-order chi connectivity index (χ0) is 24.9. The molecule has 13 heteroatoms. The van der Waals surface area contributed by atoms with E-state index in [9.17, 15) is 19.7 Å². The minimum Gasteiger partial charge on any atom is -0.464 e. The van der Waals surface area contributed by atoms with Crippen LogP contribution in [0, 0.1) is 20.2 Å². The molecular weight excluding hydrogens is 572 g/mol. The second-order valence-electron chi connectivity index (χ2n) is 6.35. The molecule has 1 N–H and O–H groups in total. The number of carbonyl (C=O) groups excluding carboxylic acids is 2. The lowest BCUT2D eigenvalue weighted by molar-refractivity contribution is -0.742. The summed E-state index contributed by atoms with van der Waals surface area (Å²) in [5.74, 6) is -0.114. The first kappa shape index (κ1) is 25.7. The number of furan rings is 2. The Balaban J connectivity index is 0.000000204. The molecule has 0 saturated heterocycles. The molecule has 0 aliphatic heterocycles. The summed E-state index contributed by atoms with van der Waals surface area (Å²) in [7, 11) is 0. The zero-order valence-corrected chi connectivity index (χ0v) is 20.1. The Labute approximate surface area is 201 Å². The van der Waals surface area contributed by atoms with Crippen LogP contribution < -0.4 is 0 Å². The van der Waals surface area contributed by atoms with E-state index in [0.29, 0.717) is 26.6 Å². The van der Waals surface area contributed by atoms with Gasteiger partial charge in [0, 0.05) is 15.2 Å². The topological polar surface area (TPSA) is 167 Å². The molecular formula is C20H14Br2N2O9. The van der Waals surface area contributed by atoms with Crippen molar-refractivity contribution in [3.05, 3.63) is 83.2 Å². The summed E-state index contributed by atoms with van der Waals surface area (Å²) in [6, 6.07) is 8.43. The number of benzene rings is 2. The average molecular weight is 586 g/mol. The molecule has 4 rings (SSSR count). The average Bonchev–Trinajstić information content (AvgIpc) is 3.30. The first-order valence-corrected chi connectivity index (χ1v) is 10.4. The highest BCUT2D eigenvalue weighted by Gasteiger charge is 2.18. The summed E-state index contributed by atoms with van der Waals surface area (Å²) >= 11 is 6.44. The largest absolute Gasteiger partial charge is 0.464 e. The van der Waals surface area contributed by atoms with E-state index in [0.717, 1.165) is 15.4 Å². The van der Waals surface area contributed by atoms with E-state index >= 15 is 0 Å². The summed E-state index contributed by atoms with van der Waals surface area (Å²) in [5, 5.41) is 25.7. The molecule has 0 aliphatic carbocycles. The van der Waals surface area contributed by atoms with Gasteiger partial charge in [-0.15, -0.1) is 10.1 Å². The minimum absolute atomic E-state index is 0.0249. The second kappa shape index (κ2) is 10.8. The maximum Gasteiger partial charge on any atom is 0.291 e. The summed E-state index contributed by atoms with van der Waals surface area (Å²) in [6.07, 6.45) is 2.81. The van der Waals surface area contributed by atoms with Crippen molar-refractivity contribution in [2.45, 2.75) is 13.8 Å². The second-order valence-corrected chi connectivity index (χ2v) is 8.12. The summed E-state index contributed by atoms with van der Waals surface area (Å²) < 4.78 is 11.6. The van der Waals surface area contributed by atoms with Gasteiger partial charge < -0.3 is 14.0 Å². The van der Waals surface area contributed by atoms with Gasteiger partial charge in [-0.1, -0.05) is 15.9 Å². The Kier molecular flexibility index (Phi) is 8.43. The van der Waals surface area contributed by atoms with Crippen molar-refractivity contribution >= 4 is 71.1 Å². The van der Waals surface area contributed by atoms with Gasteiger partial charge in [-0.05, 0) is 54.0 Å². The maximum atomic E-state index is 11.2. The van der Waals surface area contributed by atoms with Crippen LogP contribution in [0.5, 0.6) is 0 Å². The summed E-state index contributed by atoms with van der Waals surface area (Å²) in [6.45, 7) is 2.95. The summed E-state index contributed by atoms with van der Waals surface area (Å²) in [5.41, 5.74) is 2.05. The molecule has 4 aromatic rings. The fourth-order valence-electron chi connectivity index (χ4n) is 2.72. The number of nitro benzene ring substituents is 1.